The van der Waals surface area contributed by atoms with Gasteiger partial charge in [-0.05, 0) is 80.0 Å². The highest BCUT2D eigenvalue weighted by Crippen LogP contribution is 2.35. The number of amides is 1. The Bertz CT molecular complexity index is 1400. The van der Waals surface area contributed by atoms with Crippen molar-refractivity contribution < 1.29 is 18.0 Å². The van der Waals surface area contributed by atoms with Crippen LogP contribution in [-0.2, 0) is 13.0 Å². The molecule has 0 atom stereocenters. The van der Waals surface area contributed by atoms with Gasteiger partial charge < -0.3 is 20.9 Å². The second kappa shape index (κ2) is 12.5. The minimum Gasteiger partial charge on any atom is -0.383 e. The van der Waals surface area contributed by atoms with Crippen LogP contribution in [-0.4, -0.2) is 80.5 Å². The number of nitrogens with two attached hydrogens (primary N) is 1. The first-order valence-electron chi connectivity index (χ1n) is 14.1. The van der Waals surface area contributed by atoms with Crippen molar-refractivity contribution in [1.29, 1.82) is 0 Å². The van der Waals surface area contributed by atoms with E-state index in [-0.39, 0.29) is 18.1 Å². The van der Waals surface area contributed by atoms with Gasteiger partial charge in [0, 0.05) is 68.1 Å². The summed E-state index contributed by atoms with van der Waals surface area (Å²) >= 11 is 0. The summed E-state index contributed by atoms with van der Waals surface area (Å²) in [5.74, 6) is -0.627. The maximum Gasteiger partial charge on any atom is 0.251 e. The number of rotatable bonds is 9. The van der Waals surface area contributed by atoms with Gasteiger partial charge in [-0.1, -0.05) is 18.2 Å². The van der Waals surface area contributed by atoms with Crippen molar-refractivity contribution in [2.75, 3.05) is 64.0 Å². The van der Waals surface area contributed by atoms with Crippen LogP contribution in [0.2, 0.25) is 0 Å². The van der Waals surface area contributed by atoms with Gasteiger partial charge in [-0.3, -0.25) is 9.69 Å². The summed E-state index contributed by atoms with van der Waals surface area (Å²) in [6.07, 6.45) is -1.09. The van der Waals surface area contributed by atoms with Crippen molar-refractivity contribution >= 4 is 17.4 Å². The lowest BCUT2D eigenvalue weighted by molar-refractivity contribution is 0.0946. The third kappa shape index (κ3) is 6.65. The predicted molar refractivity (Wildman–Crippen MR) is 157 cm³/mol. The van der Waals surface area contributed by atoms with E-state index >= 15 is 4.39 Å². The fraction of sp³-hybridized carbons (Fsp3) is 0.419. The molecule has 7 nitrogen and oxygen atoms in total. The second-order valence-corrected chi connectivity index (χ2v) is 11.1. The number of halogens is 3. The Morgan fingerprint density at radius 1 is 1.00 bits per heavy atom. The van der Waals surface area contributed by atoms with E-state index in [4.69, 9.17) is 5.73 Å². The number of carbonyl (C=O) groups is 1. The molecule has 0 saturated carbocycles. The molecule has 0 bridgehead atoms. The zero-order valence-corrected chi connectivity index (χ0v) is 23.6. The zero-order chi connectivity index (χ0) is 29.1. The number of nitrogens with zero attached hydrogens (tertiary/aromatic N) is 4. The minimum absolute atomic E-state index is 0.0590. The Morgan fingerprint density at radius 3 is 2.46 bits per heavy atom. The molecule has 2 aliphatic rings. The summed E-state index contributed by atoms with van der Waals surface area (Å²) in [5.41, 5.74) is 12.4. The summed E-state index contributed by atoms with van der Waals surface area (Å²) in [4.78, 5) is 22.9. The molecule has 3 N–H and O–H groups in total. The molecule has 3 heterocycles. The number of piperazine rings is 1. The van der Waals surface area contributed by atoms with Gasteiger partial charge in [-0.2, -0.15) is 4.39 Å². The van der Waals surface area contributed by atoms with Gasteiger partial charge >= 0.3 is 0 Å². The Hall–Kier alpha value is -3.63. The highest BCUT2D eigenvalue weighted by atomic mass is 19.3. The number of nitrogens with one attached hydrogen (secondary N) is 1. The molecule has 0 unspecified atom stereocenters. The van der Waals surface area contributed by atoms with Gasteiger partial charge in [0.25, 0.3) is 5.91 Å². The molecule has 3 aromatic rings. The molecular weight excluding hydrogens is 529 g/mol. The van der Waals surface area contributed by atoms with Crippen molar-refractivity contribution in [3.05, 3.63) is 65.1 Å². The number of hydrogen-bond donors (Lipinski definition) is 2. The van der Waals surface area contributed by atoms with Gasteiger partial charge in [0.1, 0.15) is 5.82 Å². The average Bonchev–Trinajstić information content (AvgIpc) is 2.93. The van der Waals surface area contributed by atoms with Crippen LogP contribution in [0.4, 0.5) is 24.7 Å². The number of carbonyl (C=O) groups excluding carboxylic acids is 1. The Balaban J connectivity index is 1.41. The number of benzene rings is 2. The fourth-order valence-electron chi connectivity index (χ4n) is 5.74. The lowest BCUT2D eigenvalue weighted by Crippen LogP contribution is -2.47. The van der Waals surface area contributed by atoms with Gasteiger partial charge in [0.15, 0.2) is 0 Å². The summed E-state index contributed by atoms with van der Waals surface area (Å²) in [7, 11) is 3.99. The van der Waals surface area contributed by atoms with Gasteiger partial charge in [0.2, 0.25) is 12.4 Å². The zero-order valence-electron chi connectivity index (χ0n) is 23.6. The van der Waals surface area contributed by atoms with E-state index < -0.39 is 12.4 Å². The van der Waals surface area contributed by atoms with Crippen molar-refractivity contribution in [2.24, 2.45) is 0 Å². The third-order valence-electron chi connectivity index (χ3n) is 7.83. The largest absolute Gasteiger partial charge is 0.383 e. The summed E-state index contributed by atoms with van der Waals surface area (Å²) in [6.45, 7) is 5.15. The van der Waals surface area contributed by atoms with Crippen LogP contribution >= 0.6 is 0 Å². The van der Waals surface area contributed by atoms with Crippen LogP contribution in [0, 0.1) is 5.95 Å². The average molecular weight is 567 g/mol. The molecule has 1 fully saturated rings. The molecule has 0 radical (unpaired) electrons. The first kappa shape index (κ1) is 28.9. The van der Waals surface area contributed by atoms with Crippen molar-refractivity contribution in [1.82, 2.24) is 20.1 Å². The Kier molecular flexibility index (Phi) is 8.79. The standard InChI is InChI=1S/C31H37F3N6O/c1-38(2)19-23-17-20(6-8-27(23)40-14-12-39(13-15-40)11-3-4-28(32)33)25-18-26(30(35)37-29(25)34)21-5-7-24-22(16-21)9-10-36-31(24)41/h5-8,16-18,28H,3-4,9-15,19H2,1-2H3,(H2,35,37)(H,36,41). The van der Waals surface area contributed by atoms with E-state index in [2.05, 4.69) is 25.0 Å². The number of anilines is 2. The maximum absolute atomic E-state index is 15.3. The number of hydrogen-bond acceptors (Lipinski definition) is 6. The van der Waals surface area contributed by atoms with Gasteiger partial charge in [-0.15, -0.1) is 0 Å². The number of alkyl halides is 2. The molecule has 1 amide bonds. The minimum atomic E-state index is -2.25. The van der Waals surface area contributed by atoms with E-state index in [1.807, 2.05) is 44.4 Å². The lowest BCUT2D eigenvalue weighted by Gasteiger charge is -2.37. The van der Waals surface area contributed by atoms with Crippen molar-refractivity contribution in [2.45, 2.75) is 32.2 Å². The number of aromatic nitrogens is 1. The molecule has 218 valence electrons. The van der Waals surface area contributed by atoms with Crippen LogP contribution in [0.1, 0.15) is 34.3 Å². The summed E-state index contributed by atoms with van der Waals surface area (Å²) < 4.78 is 40.3. The molecule has 41 heavy (non-hydrogen) atoms. The van der Waals surface area contributed by atoms with Crippen molar-refractivity contribution in [3.63, 3.8) is 0 Å². The van der Waals surface area contributed by atoms with E-state index in [9.17, 15) is 13.6 Å². The second-order valence-electron chi connectivity index (χ2n) is 11.1. The van der Waals surface area contributed by atoms with E-state index in [0.717, 1.165) is 55.0 Å². The number of fused-ring (bicyclic) bond motifs is 1. The van der Waals surface area contributed by atoms with Crippen LogP contribution in [0.25, 0.3) is 22.3 Å². The lowest BCUT2D eigenvalue weighted by atomic mass is 9.93. The first-order valence-corrected chi connectivity index (χ1v) is 14.1. The van der Waals surface area contributed by atoms with Crippen molar-refractivity contribution in [3.8, 4) is 22.3 Å². The van der Waals surface area contributed by atoms with Gasteiger partial charge in [-0.25, -0.2) is 13.8 Å². The quantitative estimate of drug-likeness (QED) is 0.367. The van der Waals surface area contributed by atoms with Crippen LogP contribution in [0.3, 0.4) is 0 Å². The SMILES string of the molecule is CN(C)Cc1cc(-c2cc(-c3ccc4c(c3)CCNC4=O)c(N)nc2F)ccc1N1CCN(CCCC(F)F)CC1. The molecule has 0 aliphatic carbocycles. The summed E-state index contributed by atoms with van der Waals surface area (Å²) in [6, 6.07) is 13.3. The number of pyridine rings is 1. The Labute approximate surface area is 239 Å². The molecule has 0 spiro atoms. The molecule has 10 heteroatoms. The highest BCUT2D eigenvalue weighted by molar-refractivity contribution is 5.97. The fourth-order valence-corrected chi connectivity index (χ4v) is 5.74. The topological polar surface area (TPSA) is 77.7 Å². The molecule has 2 aliphatic heterocycles. The molecule has 1 aromatic heterocycles. The molecule has 5 rings (SSSR count). The van der Waals surface area contributed by atoms with E-state index in [0.29, 0.717) is 48.3 Å². The van der Waals surface area contributed by atoms with Gasteiger partial charge in [0.05, 0.1) is 0 Å². The number of nitrogen functional groups attached to an aromatic ring is 1. The third-order valence-corrected chi connectivity index (χ3v) is 7.83. The highest BCUT2D eigenvalue weighted by Gasteiger charge is 2.22. The predicted octanol–water partition coefficient (Wildman–Crippen LogP) is 4.65. The summed E-state index contributed by atoms with van der Waals surface area (Å²) in [5, 5.41) is 2.85. The monoisotopic (exact) mass is 566 g/mol. The first-order chi connectivity index (χ1) is 19.7. The smallest absolute Gasteiger partial charge is 0.251 e. The Morgan fingerprint density at radius 2 is 1.73 bits per heavy atom. The normalized spacial score (nSPS) is 15.9. The molecule has 2 aromatic carbocycles. The maximum atomic E-state index is 15.3. The van der Waals surface area contributed by atoms with E-state index in [1.54, 1.807) is 12.1 Å². The molecular formula is C31H37F3N6O. The van der Waals surface area contributed by atoms with E-state index in [1.165, 1.54) is 0 Å². The van der Waals surface area contributed by atoms with Crippen LogP contribution in [0.5, 0.6) is 0 Å². The van der Waals surface area contributed by atoms with Crippen LogP contribution in [0.15, 0.2) is 42.5 Å². The molecule has 1 saturated heterocycles. The van der Waals surface area contributed by atoms with Crippen LogP contribution < -0.4 is 16.0 Å².